The Morgan fingerprint density at radius 2 is 2.22 bits per heavy atom. The standard InChI is InChI=1S/C17H24N4O2/c1-2-5-12-10-15(12)20-16(22)19-14-7-4-3-6-13(14)11-21-9-8-18-17(21)23/h3-4,6-7,12,15H,2,5,8-11H2,1H3,(H,18,23)(H2,19,20,22). The quantitative estimate of drug-likeness (QED) is 0.754. The Bertz CT molecular complexity index is 590. The van der Waals surface area contributed by atoms with Crippen molar-refractivity contribution in [2.45, 2.75) is 38.8 Å². The molecule has 124 valence electrons. The maximum Gasteiger partial charge on any atom is 0.319 e. The van der Waals surface area contributed by atoms with Crippen LogP contribution in [0.15, 0.2) is 24.3 Å². The summed E-state index contributed by atoms with van der Waals surface area (Å²) in [5, 5.41) is 8.74. The first-order valence-corrected chi connectivity index (χ1v) is 8.35. The zero-order valence-electron chi connectivity index (χ0n) is 13.5. The third-order valence-corrected chi connectivity index (χ3v) is 4.47. The highest BCUT2D eigenvalue weighted by Crippen LogP contribution is 2.34. The molecule has 3 N–H and O–H groups in total. The summed E-state index contributed by atoms with van der Waals surface area (Å²) in [5.74, 6) is 0.634. The Labute approximate surface area is 136 Å². The first-order valence-electron chi connectivity index (χ1n) is 8.35. The number of para-hydroxylation sites is 1. The van der Waals surface area contributed by atoms with Gasteiger partial charge in [0.15, 0.2) is 0 Å². The molecule has 3 rings (SSSR count). The van der Waals surface area contributed by atoms with Gasteiger partial charge in [0.25, 0.3) is 0 Å². The van der Waals surface area contributed by atoms with Crippen molar-refractivity contribution in [3.63, 3.8) is 0 Å². The van der Waals surface area contributed by atoms with Crippen LogP contribution in [0.3, 0.4) is 0 Å². The number of nitrogens with zero attached hydrogens (tertiary/aromatic N) is 1. The number of urea groups is 2. The van der Waals surface area contributed by atoms with Gasteiger partial charge in [-0.15, -0.1) is 0 Å². The van der Waals surface area contributed by atoms with E-state index in [0.717, 1.165) is 24.1 Å². The molecule has 1 aromatic carbocycles. The van der Waals surface area contributed by atoms with Crippen LogP contribution in [0.25, 0.3) is 0 Å². The highest BCUT2D eigenvalue weighted by Gasteiger charge is 2.37. The minimum Gasteiger partial charge on any atom is -0.336 e. The maximum atomic E-state index is 12.2. The lowest BCUT2D eigenvalue weighted by Crippen LogP contribution is -2.32. The van der Waals surface area contributed by atoms with E-state index in [4.69, 9.17) is 0 Å². The zero-order valence-corrected chi connectivity index (χ0v) is 13.5. The maximum absolute atomic E-state index is 12.2. The molecule has 4 amide bonds. The second kappa shape index (κ2) is 6.89. The van der Waals surface area contributed by atoms with E-state index in [1.54, 1.807) is 4.90 Å². The molecular weight excluding hydrogens is 292 g/mol. The van der Waals surface area contributed by atoms with E-state index in [0.29, 0.717) is 31.6 Å². The molecule has 6 heteroatoms. The van der Waals surface area contributed by atoms with E-state index >= 15 is 0 Å². The topological polar surface area (TPSA) is 73.5 Å². The van der Waals surface area contributed by atoms with E-state index in [2.05, 4.69) is 22.9 Å². The molecule has 0 radical (unpaired) electrons. The fraction of sp³-hybridized carbons (Fsp3) is 0.529. The van der Waals surface area contributed by atoms with Crippen LogP contribution in [0.5, 0.6) is 0 Å². The molecule has 1 heterocycles. The number of benzene rings is 1. The van der Waals surface area contributed by atoms with Crippen LogP contribution in [0, 0.1) is 5.92 Å². The SMILES string of the molecule is CCCC1CC1NC(=O)Nc1ccccc1CN1CCNC1=O. The van der Waals surface area contributed by atoms with E-state index < -0.39 is 0 Å². The Balaban J connectivity index is 1.57. The van der Waals surface area contributed by atoms with Gasteiger partial charge in [0, 0.05) is 31.4 Å². The number of rotatable bonds is 6. The molecule has 6 nitrogen and oxygen atoms in total. The van der Waals surface area contributed by atoms with Crippen LogP contribution in [0.4, 0.5) is 15.3 Å². The largest absolute Gasteiger partial charge is 0.336 e. The van der Waals surface area contributed by atoms with Crippen molar-refractivity contribution in [3.8, 4) is 0 Å². The number of nitrogens with one attached hydrogen (secondary N) is 3. The first-order chi connectivity index (χ1) is 11.2. The van der Waals surface area contributed by atoms with Crippen LogP contribution in [-0.4, -0.2) is 36.1 Å². The Morgan fingerprint density at radius 3 is 2.96 bits per heavy atom. The van der Waals surface area contributed by atoms with Crippen LogP contribution >= 0.6 is 0 Å². The molecule has 23 heavy (non-hydrogen) atoms. The Hall–Kier alpha value is -2.24. The summed E-state index contributed by atoms with van der Waals surface area (Å²) in [6.45, 7) is 4.04. The van der Waals surface area contributed by atoms with Crippen molar-refractivity contribution in [1.29, 1.82) is 0 Å². The number of amides is 4. The van der Waals surface area contributed by atoms with Crippen molar-refractivity contribution >= 4 is 17.7 Å². The molecule has 2 unspecified atom stereocenters. The van der Waals surface area contributed by atoms with Crippen LogP contribution in [-0.2, 0) is 6.54 Å². The Kier molecular flexibility index (Phi) is 4.69. The fourth-order valence-electron chi connectivity index (χ4n) is 3.09. The van der Waals surface area contributed by atoms with Crippen molar-refractivity contribution < 1.29 is 9.59 Å². The molecule has 0 aromatic heterocycles. The number of anilines is 1. The smallest absolute Gasteiger partial charge is 0.319 e. The summed E-state index contributed by atoms with van der Waals surface area (Å²) >= 11 is 0. The van der Waals surface area contributed by atoms with Gasteiger partial charge in [-0.2, -0.15) is 0 Å². The lowest BCUT2D eigenvalue weighted by molar-refractivity contribution is 0.215. The normalized spacial score (nSPS) is 22.7. The monoisotopic (exact) mass is 316 g/mol. The molecule has 1 aliphatic heterocycles. The van der Waals surface area contributed by atoms with Gasteiger partial charge in [-0.05, 0) is 30.4 Å². The molecule has 1 saturated carbocycles. The molecule has 2 atom stereocenters. The molecule has 0 spiro atoms. The van der Waals surface area contributed by atoms with E-state index in [-0.39, 0.29) is 12.1 Å². The van der Waals surface area contributed by atoms with Gasteiger partial charge >= 0.3 is 12.1 Å². The molecule has 1 aromatic rings. The molecule has 1 aliphatic carbocycles. The predicted molar refractivity (Wildman–Crippen MR) is 89.2 cm³/mol. The number of carbonyl (C=O) groups is 2. The van der Waals surface area contributed by atoms with Gasteiger partial charge in [0.2, 0.25) is 0 Å². The Morgan fingerprint density at radius 1 is 1.39 bits per heavy atom. The molecule has 1 saturated heterocycles. The van der Waals surface area contributed by atoms with E-state index in [1.807, 2.05) is 24.3 Å². The lowest BCUT2D eigenvalue weighted by Gasteiger charge is -2.17. The van der Waals surface area contributed by atoms with E-state index in [9.17, 15) is 9.59 Å². The summed E-state index contributed by atoms with van der Waals surface area (Å²) in [6, 6.07) is 7.73. The van der Waals surface area contributed by atoms with Crippen LogP contribution in [0.1, 0.15) is 31.7 Å². The highest BCUT2D eigenvalue weighted by atomic mass is 16.2. The fourth-order valence-corrected chi connectivity index (χ4v) is 3.09. The predicted octanol–water partition coefficient (Wildman–Crippen LogP) is 2.52. The van der Waals surface area contributed by atoms with Crippen LogP contribution in [0.2, 0.25) is 0 Å². The third-order valence-electron chi connectivity index (χ3n) is 4.47. The number of hydrogen-bond acceptors (Lipinski definition) is 2. The minimum atomic E-state index is -0.160. The van der Waals surface area contributed by atoms with Gasteiger partial charge in [0.1, 0.15) is 0 Å². The zero-order chi connectivity index (χ0) is 16.2. The van der Waals surface area contributed by atoms with Crippen molar-refractivity contribution in [2.24, 2.45) is 5.92 Å². The van der Waals surface area contributed by atoms with E-state index in [1.165, 1.54) is 6.42 Å². The molecule has 2 fully saturated rings. The summed E-state index contributed by atoms with van der Waals surface area (Å²) in [7, 11) is 0. The lowest BCUT2D eigenvalue weighted by atomic mass is 10.1. The molecule has 0 bridgehead atoms. The second-order valence-corrected chi connectivity index (χ2v) is 6.30. The van der Waals surface area contributed by atoms with Gasteiger partial charge < -0.3 is 20.9 Å². The van der Waals surface area contributed by atoms with Crippen LogP contribution < -0.4 is 16.0 Å². The first kappa shape index (κ1) is 15.6. The highest BCUT2D eigenvalue weighted by molar-refractivity contribution is 5.90. The van der Waals surface area contributed by atoms with Gasteiger partial charge in [-0.1, -0.05) is 31.5 Å². The summed E-state index contributed by atoms with van der Waals surface area (Å²) in [4.78, 5) is 25.6. The average molecular weight is 316 g/mol. The average Bonchev–Trinajstić information content (AvgIpc) is 3.12. The molecular formula is C17H24N4O2. The van der Waals surface area contributed by atoms with Crippen molar-refractivity contribution in [3.05, 3.63) is 29.8 Å². The van der Waals surface area contributed by atoms with Gasteiger partial charge in [-0.25, -0.2) is 9.59 Å². The third kappa shape index (κ3) is 3.94. The minimum absolute atomic E-state index is 0.0513. The summed E-state index contributed by atoms with van der Waals surface area (Å²) in [6.07, 6.45) is 3.41. The number of hydrogen-bond donors (Lipinski definition) is 3. The van der Waals surface area contributed by atoms with Gasteiger partial charge in [0.05, 0.1) is 0 Å². The van der Waals surface area contributed by atoms with Gasteiger partial charge in [-0.3, -0.25) is 0 Å². The summed E-state index contributed by atoms with van der Waals surface area (Å²) in [5.41, 5.74) is 1.71. The molecule has 2 aliphatic rings. The van der Waals surface area contributed by atoms with Crippen molar-refractivity contribution in [1.82, 2.24) is 15.5 Å². The summed E-state index contributed by atoms with van der Waals surface area (Å²) < 4.78 is 0. The van der Waals surface area contributed by atoms with Crippen molar-refractivity contribution in [2.75, 3.05) is 18.4 Å². The number of carbonyl (C=O) groups excluding carboxylic acids is 2. The second-order valence-electron chi connectivity index (χ2n) is 6.30.